The first-order valence-electron chi connectivity index (χ1n) is 9.46. The molecule has 2 aromatic heterocycles. The number of hydrogen-bond acceptors (Lipinski definition) is 5. The fourth-order valence-corrected chi connectivity index (χ4v) is 3.54. The summed E-state index contributed by atoms with van der Waals surface area (Å²) < 4.78 is 7.20. The van der Waals surface area contributed by atoms with Crippen LogP contribution in [0.25, 0.3) is 0 Å². The molecule has 150 valence electrons. The molecule has 2 amide bonds. The summed E-state index contributed by atoms with van der Waals surface area (Å²) >= 11 is 0. The summed E-state index contributed by atoms with van der Waals surface area (Å²) in [6.07, 6.45) is 3.60. The lowest BCUT2D eigenvalue weighted by atomic mass is 10.1. The van der Waals surface area contributed by atoms with Crippen molar-refractivity contribution in [2.24, 2.45) is 0 Å². The van der Waals surface area contributed by atoms with Crippen molar-refractivity contribution >= 4 is 11.8 Å². The van der Waals surface area contributed by atoms with Gasteiger partial charge in [-0.3, -0.25) is 9.59 Å². The molecule has 8 heteroatoms. The highest BCUT2D eigenvalue weighted by Gasteiger charge is 2.30. The molecule has 1 aliphatic rings. The predicted octanol–water partition coefficient (Wildman–Crippen LogP) is 2.26. The van der Waals surface area contributed by atoms with Crippen LogP contribution in [0, 0.1) is 0 Å². The van der Waals surface area contributed by atoms with Crippen LogP contribution in [0.3, 0.4) is 0 Å². The van der Waals surface area contributed by atoms with Gasteiger partial charge in [-0.05, 0) is 37.3 Å². The largest absolute Gasteiger partial charge is 0.508 e. The maximum Gasteiger partial charge on any atom is 0.254 e. The SMILES string of the molecule is CC1c2nc(CC(=O)NCc3ccco3)cn2CCN1C(=O)c1cccc(O)c1. The normalized spacial score (nSPS) is 15.8. The van der Waals surface area contributed by atoms with E-state index in [2.05, 4.69) is 10.3 Å². The summed E-state index contributed by atoms with van der Waals surface area (Å²) in [6.45, 7) is 3.38. The second-order valence-electron chi connectivity index (χ2n) is 7.04. The minimum atomic E-state index is -0.237. The maximum absolute atomic E-state index is 12.9. The second-order valence-corrected chi connectivity index (χ2v) is 7.04. The average Bonchev–Trinajstić information content (AvgIpc) is 3.36. The Kier molecular flexibility index (Phi) is 5.07. The van der Waals surface area contributed by atoms with Crippen molar-refractivity contribution in [3.63, 3.8) is 0 Å². The number of carbonyl (C=O) groups excluding carboxylic acids is 2. The number of benzene rings is 1. The van der Waals surface area contributed by atoms with Gasteiger partial charge in [-0.2, -0.15) is 0 Å². The van der Waals surface area contributed by atoms with Crippen LogP contribution in [0.1, 0.15) is 40.6 Å². The van der Waals surface area contributed by atoms with Crippen molar-refractivity contribution in [2.45, 2.75) is 32.5 Å². The van der Waals surface area contributed by atoms with E-state index in [1.54, 1.807) is 35.4 Å². The monoisotopic (exact) mass is 394 g/mol. The summed E-state index contributed by atoms with van der Waals surface area (Å²) in [6, 6.07) is 9.67. The molecule has 1 aromatic carbocycles. The van der Waals surface area contributed by atoms with Gasteiger partial charge in [0, 0.05) is 24.8 Å². The summed E-state index contributed by atoms with van der Waals surface area (Å²) in [5.74, 6) is 1.21. The minimum Gasteiger partial charge on any atom is -0.508 e. The third kappa shape index (κ3) is 4.01. The Labute approximate surface area is 167 Å². The smallest absolute Gasteiger partial charge is 0.254 e. The van der Waals surface area contributed by atoms with Gasteiger partial charge in [-0.15, -0.1) is 0 Å². The van der Waals surface area contributed by atoms with Crippen LogP contribution in [0.2, 0.25) is 0 Å². The van der Waals surface area contributed by atoms with Crippen molar-refractivity contribution in [3.8, 4) is 5.75 Å². The molecule has 0 spiro atoms. The summed E-state index contributed by atoms with van der Waals surface area (Å²) in [5, 5.41) is 12.5. The number of carbonyl (C=O) groups is 2. The van der Waals surface area contributed by atoms with Crippen molar-refractivity contribution in [2.75, 3.05) is 6.54 Å². The van der Waals surface area contributed by atoms with Crippen molar-refractivity contribution in [1.82, 2.24) is 19.8 Å². The molecule has 0 fully saturated rings. The Morgan fingerprint density at radius 2 is 2.14 bits per heavy atom. The minimum absolute atomic E-state index is 0.0601. The molecule has 3 heterocycles. The summed E-state index contributed by atoms with van der Waals surface area (Å²) in [7, 11) is 0. The first-order valence-corrected chi connectivity index (χ1v) is 9.46. The third-order valence-electron chi connectivity index (χ3n) is 5.02. The Bertz CT molecular complexity index is 1030. The fraction of sp³-hybridized carbons (Fsp3) is 0.286. The molecule has 0 bridgehead atoms. The molecule has 3 aromatic rings. The number of fused-ring (bicyclic) bond motifs is 1. The number of nitrogens with one attached hydrogen (secondary N) is 1. The number of furan rings is 1. The van der Waals surface area contributed by atoms with E-state index in [1.165, 1.54) is 12.1 Å². The first-order chi connectivity index (χ1) is 14.0. The van der Waals surface area contributed by atoms with E-state index >= 15 is 0 Å². The number of aromatic hydroxyl groups is 1. The first kappa shape index (κ1) is 18.8. The van der Waals surface area contributed by atoms with Gasteiger partial charge in [0.2, 0.25) is 5.91 Å². The molecule has 0 saturated heterocycles. The van der Waals surface area contributed by atoms with Crippen molar-refractivity contribution in [3.05, 3.63) is 71.7 Å². The molecule has 1 atom stereocenters. The number of phenols is 1. The highest BCUT2D eigenvalue weighted by atomic mass is 16.3. The molecular formula is C21H22N4O4. The van der Waals surface area contributed by atoms with Crippen LogP contribution in [0.4, 0.5) is 0 Å². The van der Waals surface area contributed by atoms with Crippen molar-refractivity contribution in [1.29, 1.82) is 0 Å². The van der Waals surface area contributed by atoms with E-state index in [4.69, 9.17) is 4.42 Å². The summed E-state index contributed by atoms with van der Waals surface area (Å²) in [4.78, 5) is 31.4. The van der Waals surface area contributed by atoms with Gasteiger partial charge in [0.1, 0.15) is 17.3 Å². The van der Waals surface area contributed by atoms with Crippen LogP contribution in [-0.2, 0) is 24.3 Å². The Hall–Kier alpha value is -3.55. The van der Waals surface area contributed by atoms with E-state index < -0.39 is 0 Å². The maximum atomic E-state index is 12.9. The van der Waals surface area contributed by atoms with E-state index in [9.17, 15) is 14.7 Å². The fourth-order valence-electron chi connectivity index (χ4n) is 3.54. The van der Waals surface area contributed by atoms with Crippen LogP contribution >= 0.6 is 0 Å². The molecule has 1 unspecified atom stereocenters. The molecule has 8 nitrogen and oxygen atoms in total. The number of nitrogens with zero attached hydrogens (tertiary/aromatic N) is 3. The van der Waals surface area contributed by atoms with Gasteiger partial charge in [-0.25, -0.2) is 4.98 Å². The molecule has 0 saturated carbocycles. The lowest BCUT2D eigenvalue weighted by molar-refractivity contribution is -0.120. The quantitative estimate of drug-likeness (QED) is 0.691. The van der Waals surface area contributed by atoms with Crippen molar-refractivity contribution < 1.29 is 19.1 Å². The zero-order valence-corrected chi connectivity index (χ0v) is 16.0. The molecular weight excluding hydrogens is 372 g/mol. The third-order valence-corrected chi connectivity index (χ3v) is 5.02. The number of hydrogen-bond donors (Lipinski definition) is 2. The van der Waals surface area contributed by atoms with Gasteiger partial charge < -0.3 is 24.3 Å². The van der Waals surface area contributed by atoms with E-state index in [0.717, 1.165) is 5.82 Å². The standard InChI is InChI=1S/C21H22N4O4/c1-14-20-23-16(11-19(27)22-12-18-6-3-9-29-18)13-24(20)7-8-25(14)21(28)15-4-2-5-17(26)10-15/h2-6,9-10,13-14,26H,7-8,11-12H2,1H3,(H,22,27). The number of imidazole rings is 1. The van der Waals surface area contributed by atoms with Gasteiger partial charge in [0.05, 0.1) is 31.0 Å². The second kappa shape index (κ2) is 7.83. The molecule has 4 rings (SSSR count). The van der Waals surface area contributed by atoms with Gasteiger partial charge in [0.25, 0.3) is 5.91 Å². The van der Waals surface area contributed by atoms with Crippen LogP contribution in [0.5, 0.6) is 5.75 Å². The lowest BCUT2D eigenvalue weighted by Crippen LogP contribution is -2.41. The Balaban J connectivity index is 1.43. The van der Waals surface area contributed by atoms with Gasteiger partial charge in [0.15, 0.2) is 0 Å². The van der Waals surface area contributed by atoms with Crippen LogP contribution < -0.4 is 5.32 Å². The highest BCUT2D eigenvalue weighted by Crippen LogP contribution is 2.27. The van der Waals surface area contributed by atoms with Gasteiger partial charge in [-0.1, -0.05) is 6.07 Å². The number of rotatable bonds is 5. The Morgan fingerprint density at radius 1 is 1.28 bits per heavy atom. The predicted molar refractivity (Wildman–Crippen MR) is 104 cm³/mol. The zero-order chi connectivity index (χ0) is 20.4. The Morgan fingerprint density at radius 3 is 2.90 bits per heavy atom. The zero-order valence-electron chi connectivity index (χ0n) is 16.0. The molecule has 0 aliphatic carbocycles. The molecule has 1 aliphatic heterocycles. The van der Waals surface area contributed by atoms with E-state index in [-0.39, 0.29) is 30.0 Å². The topological polar surface area (TPSA) is 101 Å². The molecule has 2 N–H and O–H groups in total. The number of aromatic nitrogens is 2. The molecule has 29 heavy (non-hydrogen) atoms. The highest BCUT2D eigenvalue weighted by molar-refractivity contribution is 5.94. The number of phenolic OH excluding ortho intramolecular Hbond substituents is 1. The number of amides is 2. The molecule has 0 radical (unpaired) electrons. The van der Waals surface area contributed by atoms with E-state index in [1.807, 2.05) is 17.7 Å². The van der Waals surface area contributed by atoms with Gasteiger partial charge >= 0.3 is 0 Å². The van der Waals surface area contributed by atoms with Crippen LogP contribution in [-0.4, -0.2) is 37.9 Å². The lowest BCUT2D eigenvalue weighted by Gasteiger charge is -2.33. The summed E-state index contributed by atoms with van der Waals surface area (Å²) in [5.41, 5.74) is 1.10. The average molecular weight is 394 g/mol. The van der Waals surface area contributed by atoms with E-state index in [0.29, 0.717) is 36.7 Å². The van der Waals surface area contributed by atoms with Crippen LogP contribution in [0.15, 0.2) is 53.3 Å².